The van der Waals surface area contributed by atoms with E-state index in [0.29, 0.717) is 12.8 Å². The van der Waals surface area contributed by atoms with Gasteiger partial charge < -0.3 is 24.6 Å². The van der Waals surface area contributed by atoms with Gasteiger partial charge in [-0.05, 0) is 83.5 Å². The van der Waals surface area contributed by atoms with Crippen molar-refractivity contribution in [3.05, 3.63) is 72.9 Å². The largest absolute Gasteiger partial charge is 0.472 e. The molecule has 328 valence electrons. The molecule has 0 aliphatic carbocycles. The van der Waals surface area contributed by atoms with Gasteiger partial charge in [-0.15, -0.1) is 0 Å². The maximum atomic E-state index is 12.6. The van der Waals surface area contributed by atoms with E-state index in [-0.39, 0.29) is 19.4 Å². The third-order valence-electron chi connectivity index (χ3n) is 8.84. The molecule has 0 saturated heterocycles. The van der Waals surface area contributed by atoms with Crippen molar-refractivity contribution in [1.82, 2.24) is 0 Å². The average molecular weight is 823 g/mol. The van der Waals surface area contributed by atoms with E-state index in [9.17, 15) is 24.2 Å². The molecule has 0 rings (SSSR count). The molecule has 0 radical (unpaired) electrons. The smallest absolute Gasteiger partial charge is 0.462 e. The van der Waals surface area contributed by atoms with E-state index in [2.05, 4.69) is 91.3 Å². The van der Waals surface area contributed by atoms with Crippen LogP contribution in [0.3, 0.4) is 0 Å². The van der Waals surface area contributed by atoms with Crippen LogP contribution in [0.25, 0.3) is 0 Å². The molecular weight excluding hydrogens is 743 g/mol. The number of carbonyl (C=O) groups is 2. The van der Waals surface area contributed by atoms with Crippen molar-refractivity contribution in [2.45, 2.75) is 180 Å². The van der Waals surface area contributed by atoms with Gasteiger partial charge in [0.05, 0.1) is 19.8 Å². The number of carbonyl (C=O) groups excluding carboxylic acids is 2. The summed E-state index contributed by atoms with van der Waals surface area (Å²) in [5.41, 5.74) is 0. The quantitative estimate of drug-likeness (QED) is 0.0236. The third-order valence-corrected chi connectivity index (χ3v) is 9.80. The number of phosphoric acid groups is 1. The first-order valence-electron chi connectivity index (χ1n) is 21.9. The number of aliphatic hydroxyl groups is 2. The zero-order chi connectivity index (χ0) is 41.9. The topological polar surface area (TPSA) is 149 Å². The zero-order valence-electron chi connectivity index (χ0n) is 35.5. The summed E-state index contributed by atoms with van der Waals surface area (Å²) in [4.78, 5) is 35.0. The van der Waals surface area contributed by atoms with E-state index in [1.54, 1.807) is 0 Å². The molecule has 3 atom stereocenters. The van der Waals surface area contributed by atoms with E-state index in [0.717, 1.165) is 109 Å². The van der Waals surface area contributed by atoms with Crippen LogP contribution < -0.4 is 0 Å². The molecule has 0 heterocycles. The number of aliphatic hydroxyl groups excluding tert-OH is 2. The zero-order valence-corrected chi connectivity index (χ0v) is 36.4. The summed E-state index contributed by atoms with van der Waals surface area (Å²) < 4.78 is 32.7. The number of rotatable bonds is 40. The van der Waals surface area contributed by atoms with E-state index >= 15 is 0 Å². The van der Waals surface area contributed by atoms with Crippen LogP contribution in [0.5, 0.6) is 0 Å². The van der Waals surface area contributed by atoms with Crippen LogP contribution in [0, 0.1) is 0 Å². The summed E-state index contributed by atoms with van der Waals surface area (Å²) >= 11 is 0. The summed E-state index contributed by atoms with van der Waals surface area (Å²) in [5.74, 6) is -0.963. The van der Waals surface area contributed by atoms with Gasteiger partial charge in [-0.3, -0.25) is 18.6 Å². The minimum Gasteiger partial charge on any atom is -0.462 e. The number of allylic oxidation sites excluding steroid dienone is 12. The Labute approximate surface area is 346 Å². The summed E-state index contributed by atoms with van der Waals surface area (Å²) in [6.45, 7) is 2.19. The highest BCUT2D eigenvalue weighted by Gasteiger charge is 2.27. The molecule has 0 amide bonds. The van der Waals surface area contributed by atoms with Gasteiger partial charge in [-0.1, -0.05) is 145 Å². The van der Waals surface area contributed by atoms with Crippen LogP contribution in [0.1, 0.15) is 168 Å². The molecule has 0 spiro atoms. The number of esters is 2. The van der Waals surface area contributed by atoms with E-state index in [4.69, 9.17) is 19.1 Å². The standard InChI is InChI=1S/C46H79O10P/c1-3-5-7-9-11-13-15-17-19-20-21-22-24-26-28-30-32-34-36-38-46(50)56-44(42-55-57(51,52)54-40-43(48)39-47)41-53-45(49)37-35-33-31-29-27-25-23-18-16-14-12-10-8-6-4-2/h5,7,11-14,17-19,21-23,43-44,47-48H,3-4,6,8-10,15-16,20,24-42H2,1-2H3,(H,51,52)/b7-5-,13-11-,14-12-,19-17-,22-21-,23-18-. The Balaban J connectivity index is 4.35. The molecule has 0 fully saturated rings. The predicted octanol–water partition coefficient (Wildman–Crippen LogP) is 11.7. The highest BCUT2D eigenvalue weighted by molar-refractivity contribution is 7.47. The molecule has 0 aromatic rings. The van der Waals surface area contributed by atoms with Crippen LogP contribution in [-0.4, -0.2) is 65.7 Å². The lowest BCUT2D eigenvalue weighted by molar-refractivity contribution is -0.161. The second-order valence-corrected chi connectivity index (χ2v) is 15.8. The van der Waals surface area contributed by atoms with Gasteiger partial charge in [0.2, 0.25) is 0 Å². The second-order valence-electron chi connectivity index (χ2n) is 14.3. The van der Waals surface area contributed by atoms with Gasteiger partial charge in [0.25, 0.3) is 0 Å². The Bertz CT molecular complexity index is 1180. The van der Waals surface area contributed by atoms with Crippen LogP contribution in [0.15, 0.2) is 72.9 Å². The first-order valence-corrected chi connectivity index (χ1v) is 23.4. The molecular formula is C46H79O10P. The second kappa shape index (κ2) is 41.6. The minimum absolute atomic E-state index is 0.161. The molecule has 3 N–H and O–H groups in total. The highest BCUT2D eigenvalue weighted by Crippen LogP contribution is 2.43. The molecule has 0 saturated carbocycles. The summed E-state index contributed by atoms with van der Waals surface area (Å²) in [7, 11) is -4.63. The van der Waals surface area contributed by atoms with Crippen molar-refractivity contribution in [3.8, 4) is 0 Å². The van der Waals surface area contributed by atoms with Gasteiger partial charge in [-0.25, -0.2) is 4.57 Å². The van der Waals surface area contributed by atoms with Crippen molar-refractivity contribution < 1.29 is 47.8 Å². The normalized spacial score (nSPS) is 14.5. The van der Waals surface area contributed by atoms with E-state index < -0.39 is 51.8 Å². The van der Waals surface area contributed by atoms with Crippen LogP contribution >= 0.6 is 7.82 Å². The highest BCUT2D eigenvalue weighted by atomic mass is 31.2. The fraction of sp³-hybridized carbons (Fsp3) is 0.696. The van der Waals surface area contributed by atoms with Crippen LogP contribution in [0.2, 0.25) is 0 Å². The molecule has 0 aromatic carbocycles. The first kappa shape index (κ1) is 54.4. The third kappa shape index (κ3) is 41.4. The van der Waals surface area contributed by atoms with Crippen molar-refractivity contribution in [1.29, 1.82) is 0 Å². The van der Waals surface area contributed by atoms with E-state index in [1.165, 1.54) is 19.3 Å². The van der Waals surface area contributed by atoms with Crippen molar-refractivity contribution in [2.24, 2.45) is 0 Å². The van der Waals surface area contributed by atoms with Gasteiger partial charge >= 0.3 is 19.8 Å². The Morgan fingerprint density at radius 3 is 1.46 bits per heavy atom. The van der Waals surface area contributed by atoms with Crippen LogP contribution in [-0.2, 0) is 32.7 Å². The summed E-state index contributed by atoms with van der Waals surface area (Å²) in [6, 6.07) is 0. The molecule has 0 aliphatic heterocycles. The molecule has 57 heavy (non-hydrogen) atoms. The Morgan fingerprint density at radius 2 is 0.965 bits per heavy atom. The monoisotopic (exact) mass is 823 g/mol. The Kier molecular flexibility index (Phi) is 39.7. The SMILES string of the molecule is CC/C=C\C/C=C\C/C=C\C/C=C\CCCCCCCCC(=O)OC(COC(=O)CCCCCCC/C=C\C/C=C\CCCCC)COP(=O)(O)OCC(O)CO. The van der Waals surface area contributed by atoms with Gasteiger partial charge in [0.1, 0.15) is 12.7 Å². The maximum Gasteiger partial charge on any atom is 0.472 e. The van der Waals surface area contributed by atoms with Crippen molar-refractivity contribution >= 4 is 19.8 Å². The predicted molar refractivity (Wildman–Crippen MR) is 233 cm³/mol. The number of hydrogen-bond acceptors (Lipinski definition) is 9. The van der Waals surface area contributed by atoms with Gasteiger partial charge in [-0.2, -0.15) is 0 Å². The number of phosphoric ester groups is 1. The molecule has 3 unspecified atom stereocenters. The first-order chi connectivity index (χ1) is 27.7. The minimum atomic E-state index is -4.63. The lowest BCUT2D eigenvalue weighted by atomic mass is 10.1. The Hall–Kier alpha value is -2.59. The molecule has 11 heteroatoms. The average Bonchev–Trinajstić information content (AvgIpc) is 3.20. The molecule has 0 aromatic heterocycles. The van der Waals surface area contributed by atoms with E-state index in [1.807, 2.05) is 0 Å². The number of hydrogen-bond donors (Lipinski definition) is 3. The number of ether oxygens (including phenoxy) is 2. The molecule has 0 bridgehead atoms. The maximum absolute atomic E-state index is 12.6. The lowest BCUT2D eigenvalue weighted by Crippen LogP contribution is -2.29. The Morgan fingerprint density at radius 1 is 0.544 bits per heavy atom. The molecule has 10 nitrogen and oxygen atoms in total. The fourth-order valence-electron chi connectivity index (χ4n) is 5.48. The number of unbranched alkanes of at least 4 members (excludes halogenated alkanes) is 14. The van der Waals surface area contributed by atoms with Gasteiger partial charge in [0.15, 0.2) is 6.10 Å². The lowest BCUT2D eigenvalue weighted by Gasteiger charge is -2.20. The van der Waals surface area contributed by atoms with Gasteiger partial charge in [0, 0.05) is 12.8 Å². The fourth-order valence-corrected chi connectivity index (χ4v) is 6.27. The summed E-state index contributed by atoms with van der Waals surface area (Å²) in [5, 5.41) is 18.3. The van der Waals surface area contributed by atoms with Crippen LogP contribution in [0.4, 0.5) is 0 Å². The summed E-state index contributed by atoms with van der Waals surface area (Å²) in [6.07, 6.45) is 47.2. The van der Waals surface area contributed by atoms with Crippen molar-refractivity contribution in [2.75, 3.05) is 26.4 Å². The molecule has 0 aliphatic rings. The van der Waals surface area contributed by atoms with Crippen molar-refractivity contribution in [3.63, 3.8) is 0 Å².